The molecule has 1 aliphatic carbocycles. The van der Waals surface area contributed by atoms with Crippen molar-refractivity contribution in [2.24, 2.45) is 4.99 Å². The maximum absolute atomic E-state index is 6.43. The first-order valence-electron chi connectivity index (χ1n) is 11.2. The summed E-state index contributed by atoms with van der Waals surface area (Å²) < 4.78 is 0. The molecule has 2 fully saturated rings. The predicted molar refractivity (Wildman–Crippen MR) is 127 cm³/mol. The number of nitrogens with one attached hydrogen (secondary N) is 2. The second-order valence-electron chi connectivity index (χ2n) is 8.88. The zero-order chi connectivity index (χ0) is 19.8. The van der Waals surface area contributed by atoms with E-state index < -0.39 is 0 Å². The molecule has 29 heavy (non-hydrogen) atoms. The summed E-state index contributed by atoms with van der Waals surface area (Å²) in [6.07, 6.45) is 9.19. The molecule has 0 radical (unpaired) electrons. The van der Waals surface area contributed by atoms with E-state index in [9.17, 15) is 0 Å². The number of aliphatic imine (C=N–C) groups is 1. The molecule has 1 unspecified atom stereocenters. The van der Waals surface area contributed by atoms with Crippen LogP contribution in [0.3, 0.4) is 0 Å². The highest BCUT2D eigenvalue weighted by Crippen LogP contribution is 2.34. The number of thioether (sulfide) groups is 1. The fourth-order valence-corrected chi connectivity index (χ4v) is 6.46. The molecule has 1 aromatic heterocycles. The molecule has 6 heteroatoms. The Kier molecular flexibility index (Phi) is 5.81. The summed E-state index contributed by atoms with van der Waals surface area (Å²) in [5, 5.41) is 6.84. The Morgan fingerprint density at radius 3 is 2.72 bits per heavy atom. The Hall–Kier alpha value is -1.17. The standard InChI is InChI=1S/C23H31ClN4S/c1-15(28-9-5-2-6-10-28)21-14-29-23(27-21)20-12-16-11-17(24)13-19(22(16)26-20)25-18-7-3-4-8-18/h11-13,15,18,21,25-26H,2-10,14H2,1H3/t15?,21-/m0/s1. The third-order valence-corrected chi connectivity index (χ3v) is 8.16. The van der Waals surface area contributed by atoms with Crippen LogP contribution in [-0.2, 0) is 0 Å². The van der Waals surface area contributed by atoms with Gasteiger partial charge in [-0.3, -0.25) is 9.89 Å². The first-order chi connectivity index (χ1) is 14.2. The number of aromatic nitrogens is 1. The second-order valence-corrected chi connectivity index (χ2v) is 10.3. The number of nitrogens with zero attached hydrogens (tertiary/aromatic N) is 2. The highest BCUT2D eigenvalue weighted by molar-refractivity contribution is 8.14. The molecule has 2 atom stereocenters. The zero-order valence-corrected chi connectivity index (χ0v) is 18.8. The van der Waals surface area contributed by atoms with Gasteiger partial charge in [0.2, 0.25) is 0 Å². The lowest BCUT2D eigenvalue weighted by atomic mass is 10.1. The summed E-state index contributed by atoms with van der Waals surface area (Å²) in [7, 11) is 0. The lowest BCUT2D eigenvalue weighted by molar-refractivity contribution is 0.160. The van der Waals surface area contributed by atoms with E-state index in [0.29, 0.717) is 18.1 Å². The summed E-state index contributed by atoms with van der Waals surface area (Å²) in [4.78, 5) is 11.4. The minimum absolute atomic E-state index is 0.388. The molecule has 156 valence electrons. The Morgan fingerprint density at radius 2 is 1.93 bits per heavy atom. The third-order valence-electron chi connectivity index (χ3n) is 6.84. The van der Waals surface area contributed by atoms with Crippen molar-refractivity contribution in [2.75, 3.05) is 24.2 Å². The minimum atomic E-state index is 0.388. The van der Waals surface area contributed by atoms with Gasteiger partial charge in [-0.25, -0.2) is 0 Å². The summed E-state index contributed by atoms with van der Waals surface area (Å²) in [6, 6.07) is 7.83. The van der Waals surface area contributed by atoms with Gasteiger partial charge >= 0.3 is 0 Å². The summed E-state index contributed by atoms with van der Waals surface area (Å²) in [5.74, 6) is 1.08. The van der Waals surface area contributed by atoms with Crippen LogP contribution in [0, 0.1) is 0 Å². The molecule has 1 aromatic carbocycles. The van der Waals surface area contributed by atoms with Crippen molar-refractivity contribution in [3.05, 3.63) is 28.9 Å². The predicted octanol–water partition coefficient (Wildman–Crippen LogP) is 5.91. The summed E-state index contributed by atoms with van der Waals surface area (Å²) in [6.45, 7) is 4.82. The first kappa shape index (κ1) is 19.8. The van der Waals surface area contributed by atoms with Gasteiger partial charge in [0.05, 0.1) is 22.9 Å². The SMILES string of the molecule is CC([C@@H]1CSC(c2cc3cc(Cl)cc(NC4CCCC4)c3[nH]2)=N1)N1CCCCC1. The van der Waals surface area contributed by atoms with Crippen LogP contribution in [0.2, 0.25) is 5.02 Å². The zero-order valence-electron chi connectivity index (χ0n) is 17.2. The number of anilines is 1. The Labute approximate surface area is 182 Å². The maximum atomic E-state index is 6.43. The van der Waals surface area contributed by atoms with E-state index in [1.807, 2.05) is 11.8 Å². The highest BCUT2D eigenvalue weighted by Gasteiger charge is 2.30. The van der Waals surface area contributed by atoms with E-state index in [1.165, 1.54) is 63.4 Å². The van der Waals surface area contributed by atoms with Crippen molar-refractivity contribution in [3.63, 3.8) is 0 Å². The molecule has 2 aromatic rings. The van der Waals surface area contributed by atoms with E-state index in [-0.39, 0.29) is 0 Å². The number of benzene rings is 1. The molecule has 1 saturated carbocycles. The van der Waals surface area contributed by atoms with Crippen LogP contribution in [0.5, 0.6) is 0 Å². The third kappa shape index (κ3) is 4.19. The van der Waals surface area contributed by atoms with E-state index in [2.05, 4.69) is 40.3 Å². The number of fused-ring (bicyclic) bond motifs is 1. The second kappa shape index (κ2) is 8.52. The van der Waals surface area contributed by atoms with Gasteiger partial charge < -0.3 is 10.3 Å². The molecule has 4 nitrogen and oxygen atoms in total. The van der Waals surface area contributed by atoms with Crippen LogP contribution in [0.25, 0.3) is 10.9 Å². The first-order valence-corrected chi connectivity index (χ1v) is 12.6. The van der Waals surface area contributed by atoms with Gasteiger partial charge in [-0.15, -0.1) is 11.8 Å². The van der Waals surface area contributed by atoms with E-state index >= 15 is 0 Å². The molecular weight excluding hydrogens is 400 g/mol. The van der Waals surface area contributed by atoms with Crippen molar-refractivity contribution in [1.29, 1.82) is 0 Å². The number of H-pyrrole nitrogens is 1. The molecule has 3 heterocycles. The van der Waals surface area contributed by atoms with E-state index in [0.717, 1.165) is 32.7 Å². The molecule has 1 saturated heterocycles. The number of piperidine rings is 1. The van der Waals surface area contributed by atoms with Gasteiger partial charge in [0.15, 0.2) is 0 Å². The van der Waals surface area contributed by atoms with Crippen LogP contribution in [0.15, 0.2) is 23.2 Å². The normalized spacial score (nSPS) is 24.9. The molecular formula is C23H31ClN4S. The largest absolute Gasteiger partial charge is 0.381 e. The molecule has 5 rings (SSSR count). The molecule has 0 spiro atoms. The fourth-order valence-electron chi connectivity index (χ4n) is 5.08. The van der Waals surface area contributed by atoms with E-state index in [1.54, 1.807) is 0 Å². The average molecular weight is 431 g/mol. The van der Waals surface area contributed by atoms with Crippen molar-refractivity contribution in [1.82, 2.24) is 9.88 Å². The number of likely N-dealkylation sites (tertiary alicyclic amines) is 1. The van der Waals surface area contributed by atoms with Crippen molar-refractivity contribution >= 4 is 45.0 Å². The van der Waals surface area contributed by atoms with Crippen molar-refractivity contribution < 1.29 is 0 Å². The van der Waals surface area contributed by atoms with Crippen LogP contribution < -0.4 is 5.32 Å². The molecule has 0 bridgehead atoms. The monoisotopic (exact) mass is 430 g/mol. The minimum Gasteiger partial charge on any atom is -0.381 e. The molecule has 2 aliphatic heterocycles. The highest BCUT2D eigenvalue weighted by atomic mass is 35.5. The van der Waals surface area contributed by atoms with Crippen molar-refractivity contribution in [2.45, 2.75) is 70.0 Å². The van der Waals surface area contributed by atoms with Gasteiger partial charge in [0.1, 0.15) is 5.04 Å². The number of hydrogen-bond donors (Lipinski definition) is 2. The topological polar surface area (TPSA) is 43.4 Å². The van der Waals surface area contributed by atoms with E-state index in [4.69, 9.17) is 16.6 Å². The van der Waals surface area contributed by atoms with Crippen LogP contribution in [-0.4, -0.2) is 51.9 Å². The van der Waals surface area contributed by atoms with Gasteiger partial charge in [-0.2, -0.15) is 0 Å². The number of aromatic amines is 1. The molecule has 2 N–H and O–H groups in total. The Balaban J connectivity index is 1.38. The lowest BCUT2D eigenvalue weighted by Gasteiger charge is -2.34. The van der Waals surface area contributed by atoms with Crippen LogP contribution >= 0.6 is 23.4 Å². The smallest absolute Gasteiger partial charge is 0.114 e. The van der Waals surface area contributed by atoms with Crippen LogP contribution in [0.4, 0.5) is 5.69 Å². The van der Waals surface area contributed by atoms with Gasteiger partial charge in [0, 0.05) is 28.2 Å². The summed E-state index contributed by atoms with van der Waals surface area (Å²) >= 11 is 8.33. The van der Waals surface area contributed by atoms with Crippen LogP contribution in [0.1, 0.15) is 57.6 Å². The van der Waals surface area contributed by atoms with Gasteiger partial charge in [0.25, 0.3) is 0 Å². The molecule has 3 aliphatic rings. The van der Waals surface area contributed by atoms with Gasteiger partial charge in [-0.05, 0) is 63.9 Å². The number of hydrogen-bond acceptors (Lipinski definition) is 4. The Morgan fingerprint density at radius 1 is 1.14 bits per heavy atom. The number of halogens is 1. The number of rotatable bonds is 5. The summed E-state index contributed by atoms with van der Waals surface area (Å²) in [5.41, 5.74) is 3.43. The molecule has 0 amide bonds. The lowest BCUT2D eigenvalue weighted by Crippen LogP contribution is -2.43. The van der Waals surface area contributed by atoms with Gasteiger partial charge in [-0.1, -0.05) is 30.9 Å². The maximum Gasteiger partial charge on any atom is 0.114 e. The quantitative estimate of drug-likeness (QED) is 0.619. The fraction of sp³-hybridized carbons (Fsp3) is 0.609. The van der Waals surface area contributed by atoms with Crippen molar-refractivity contribution in [3.8, 4) is 0 Å². The average Bonchev–Trinajstić information content (AvgIpc) is 3.48. The Bertz CT molecular complexity index is 896.